The standard InChI is InChI=1S/C31H43N3O6/c35-22-23-13-15-24(16-14-23)28-20-27(21-34-17-6-2-1-3-7-18-34)39-31(40-28)25-9-8-10-26(19-25)32-29(36)11-4-5-12-30(37)33-38/h8-10,13-16,19,27-28,31,35,38H,1-7,11-12,17-18,20-22H2,(H,32,36)(H,33,37)/t27-,28+,31+/m0/s1. The van der Waals surface area contributed by atoms with E-state index in [1.54, 1.807) is 5.48 Å². The second kappa shape index (κ2) is 15.8. The molecular formula is C31H43N3O6. The number of carbonyl (C=O) groups excluding carboxylic acids is 2. The number of amides is 2. The average molecular weight is 554 g/mol. The molecule has 0 aliphatic carbocycles. The number of anilines is 1. The summed E-state index contributed by atoms with van der Waals surface area (Å²) in [5.41, 5.74) is 5.03. The van der Waals surface area contributed by atoms with Crippen LogP contribution in [0.2, 0.25) is 0 Å². The molecule has 0 aromatic heterocycles. The van der Waals surface area contributed by atoms with Crippen molar-refractivity contribution in [1.82, 2.24) is 10.4 Å². The van der Waals surface area contributed by atoms with Gasteiger partial charge in [-0.3, -0.25) is 14.8 Å². The molecular weight excluding hydrogens is 510 g/mol. The first-order valence-corrected chi connectivity index (χ1v) is 14.6. The minimum absolute atomic E-state index is 0.00457. The Bertz CT molecular complexity index is 1070. The summed E-state index contributed by atoms with van der Waals surface area (Å²) in [6.07, 6.45) is 7.85. The van der Waals surface area contributed by atoms with Crippen molar-refractivity contribution in [3.8, 4) is 0 Å². The van der Waals surface area contributed by atoms with Gasteiger partial charge >= 0.3 is 0 Å². The summed E-state index contributed by atoms with van der Waals surface area (Å²) in [6, 6.07) is 15.5. The average Bonchev–Trinajstić information content (AvgIpc) is 2.96. The largest absolute Gasteiger partial charge is 0.392 e. The number of aliphatic hydroxyl groups excluding tert-OH is 1. The van der Waals surface area contributed by atoms with Gasteiger partial charge in [-0.1, -0.05) is 55.7 Å². The molecule has 4 rings (SSSR count). The predicted molar refractivity (Wildman–Crippen MR) is 151 cm³/mol. The maximum Gasteiger partial charge on any atom is 0.243 e. The zero-order chi connectivity index (χ0) is 28.2. The van der Waals surface area contributed by atoms with Gasteiger partial charge in [-0.05, 0) is 62.0 Å². The van der Waals surface area contributed by atoms with Crippen molar-refractivity contribution in [3.63, 3.8) is 0 Å². The van der Waals surface area contributed by atoms with Crippen molar-refractivity contribution in [2.45, 2.75) is 89.3 Å². The lowest BCUT2D eigenvalue weighted by Gasteiger charge is -2.39. The van der Waals surface area contributed by atoms with Crippen LogP contribution in [-0.4, -0.2) is 52.8 Å². The molecule has 0 saturated carbocycles. The Labute approximate surface area is 236 Å². The highest BCUT2D eigenvalue weighted by Crippen LogP contribution is 2.38. The third-order valence-electron chi connectivity index (χ3n) is 7.65. The Morgan fingerprint density at radius 3 is 2.27 bits per heavy atom. The lowest BCUT2D eigenvalue weighted by molar-refractivity contribution is -0.253. The molecule has 2 aliphatic rings. The molecule has 4 N–H and O–H groups in total. The second-order valence-electron chi connectivity index (χ2n) is 10.8. The van der Waals surface area contributed by atoms with E-state index in [0.29, 0.717) is 18.5 Å². The SMILES string of the molecule is O=C(CCCCC(=O)Nc1cccc([C@@H]2O[C@H](CN3CCCCCCC3)C[C@H](c3ccc(CO)cc3)O2)c1)NO. The molecule has 0 radical (unpaired) electrons. The number of hydrogen-bond donors (Lipinski definition) is 4. The lowest BCUT2D eigenvalue weighted by Crippen LogP contribution is -2.40. The van der Waals surface area contributed by atoms with Crippen LogP contribution in [0.3, 0.4) is 0 Å². The second-order valence-corrected chi connectivity index (χ2v) is 10.8. The summed E-state index contributed by atoms with van der Waals surface area (Å²) in [7, 11) is 0. The summed E-state index contributed by atoms with van der Waals surface area (Å²) >= 11 is 0. The Kier molecular flexibility index (Phi) is 11.9. The van der Waals surface area contributed by atoms with Gasteiger partial charge in [0.15, 0.2) is 6.29 Å². The van der Waals surface area contributed by atoms with E-state index in [4.69, 9.17) is 14.7 Å². The number of aliphatic hydroxyl groups is 1. The van der Waals surface area contributed by atoms with Crippen molar-refractivity contribution < 1.29 is 29.4 Å². The summed E-state index contributed by atoms with van der Waals surface area (Å²) in [4.78, 5) is 26.2. The number of hydrogen-bond acceptors (Lipinski definition) is 7. The number of unbranched alkanes of at least 4 members (excludes halogenated alkanes) is 1. The molecule has 40 heavy (non-hydrogen) atoms. The summed E-state index contributed by atoms with van der Waals surface area (Å²) in [5.74, 6) is -0.586. The number of benzene rings is 2. The molecule has 2 saturated heterocycles. The highest BCUT2D eigenvalue weighted by Gasteiger charge is 2.33. The van der Waals surface area contributed by atoms with Gasteiger partial charge in [0.1, 0.15) is 0 Å². The Morgan fingerprint density at radius 2 is 1.57 bits per heavy atom. The molecule has 2 aromatic carbocycles. The fourth-order valence-corrected chi connectivity index (χ4v) is 5.43. The molecule has 2 heterocycles. The van der Waals surface area contributed by atoms with Gasteiger partial charge in [0.05, 0.1) is 18.8 Å². The van der Waals surface area contributed by atoms with Gasteiger partial charge in [-0.25, -0.2) is 5.48 Å². The zero-order valence-electron chi connectivity index (χ0n) is 23.2. The Balaban J connectivity index is 1.43. The fourth-order valence-electron chi connectivity index (χ4n) is 5.43. The van der Waals surface area contributed by atoms with Crippen LogP contribution in [0.4, 0.5) is 5.69 Å². The molecule has 9 nitrogen and oxygen atoms in total. The van der Waals surface area contributed by atoms with Crippen LogP contribution in [0.15, 0.2) is 48.5 Å². The van der Waals surface area contributed by atoms with E-state index in [-0.39, 0.29) is 37.6 Å². The maximum absolute atomic E-state index is 12.5. The van der Waals surface area contributed by atoms with Gasteiger partial charge in [-0.15, -0.1) is 0 Å². The number of hydroxylamine groups is 1. The zero-order valence-corrected chi connectivity index (χ0v) is 23.2. The normalized spacial score (nSPS) is 22.2. The maximum atomic E-state index is 12.5. The molecule has 2 amide bonds. The van der Waals surface area contributed by atoms with Crippen LogP contribution < -0.4 is 10.8 Å². The van der Waals surface area contributed by atoms with E-state index < -0.39 is 12.2 Å². The third-order valence-corrected chi connectivity index (χ3v) is 7.65. The molecule has 3 atom stereocenters. The van der Waals surface area contributed by atoms with Gasteiger partial charge in [0.25, 0.3) is 0 Å². The minimum Gasteiger partial charge on any atom is -0.392 e. The van der Waals surface area contributed by atoms with Crippen LogP contribution in [0.1, 0.15) is 93.3 Å². The van der Waals surface area contributed by atoms with Crippen molar-refractivity contribution in [2.75, 3.05) is 25.0 Å². The van der Waals surface area contributed by atoms with Crippen molar-refractivity contribution in [2.24, 2.45) is 0 Å². The van der Waals surface area contributed by atoms with Crippen molar-refractivity contribution in [3.05, 3.63) is 65.2 Å². The van der Waals surface area contributed by atoms with E-state index in [1.165, 1.54) is 32.1 Å². The fraction of sp³-hybridized carbons (Fsp3) is 0.548. The number of nitrogens with one attached hydrogen (secondary N) is 2. The van der Waals surface area contributed by atoms with E-state index in [2.05, 4.69) is 10.2 Å². The molecule has 218 valence electrons. The topological polar surface area (TPSA) is 120 Å². The monoisotopic (exact) mass is 553 g/mol. The molecule has 0 bridgehead atoms. The number of ether oxygens (including phenoxy) is 2. The highest BCUT2D eigenvalue weighted by atomic mass is 16.7. The smallest absolute Gasteiger partial charge is 0.243 e. The summed E-state index contributed by atoms with van der Waals surface area (Å²) in [6.45, 7) is 3.04. The number of rotatable bonds is 11. The molecule has 2 fully saturated rings. The summed E-state index contributed by atoms with van der Waals surface area (Å²) in [5, 5.41) is 21.0. The number of carbonyl (C=O) groups is 2. The van der Waals surface area contributed by atoms with Crippen LogP contribution in [-0.2, 0) is 25.7 Å². The van der Waals surface area contributed by atoms with Crippen LogP contribution >= 0.6 is 0 Å². The van der Waals surface area contributed by atoms with Crippen LogP contribution in [0, 0.1) is 0 Å². The first kappa shape index (κ1) is 30.1. The minimum atomic E-state index is -0.579. The van der Waals surface area contributed by atoms with Gasteiger partial charge in [0, 0.05) is 37.1 Å². The van der Waals surface area contributed by atoms with Gasteiger partial charge in [-0.2, -0.15) is 0 Å². The Morgan fingerprint density at radius 1 is 0.875 bits per heavy atom. The molecule has 0 unspecified atom stereocenters. The first-order valence-electron chi connectivity index (χ1n) is 14.6. The predicted octanol–water partition coefficient (Wildman–Crippen LogP) is 4.99. The van der Waals surface area contributed by atoms with Crippen LogP contribution in [0.25, 0.3) is 0 Å². The number of nitrogens with zero attached hydrogens (tertiary/aromatic N) is 1. The van der Waals surface area contributed by atoms with Crippen molar-refractivity contribution in [1.29, 1.82) is 0 Å². The van der Waals surface area contributed by atoms with Crippen LogP contribution in [0.5, 0.6) is 0 Å². The van der Waals surface area contributed by atoms with E-state index >= 15 is 0 Å². The molecule has 2 aliphatic heterocycles. The lowest BCUT2D eigenvalue weighted by atomic mass is 9.99. The quantitative estimate of drug-likeness (QED) is 0.176. The summed E-state index contributed by atoms with van der Waals surface area (Å²) < 4.78 is 13.0. The Hall–Kier alpha value is -2.82. The molecule has 0 spiro atoms. The van der Waals surface area contributed by atoms with E-state index in [9.17, 15) is 14.7 Å². The number of likely N-dealkylation sites (tertiary alicyclic amines) is 1. The third kappa shape index (κ3) is 9.38. The highest BCUT2D eigenvalue weighted by molar-refractivity contribution is 5.90. The van der Waals surface area contributed by atoms with E-state index in [1.807, 2.05) is 48.5 Å². The van der Waals surface area contributed by atoms with E-state index in [0.717, 1.165) is 42.7 Å². The molecule has 9 heteroatoms. The first-order chi connectivity index (χ1) is 19.5. The van der Waals surface area contributed by atoms with Crippen molar-refractivity contribution >= 4 is 17.5 Å². The molecule has 2 aromatic rings. The van der Waals surface area contributed by atoms with Gasteiger partial charge < -0.3 is 24.8 Å². The van der Waals surface area contributed by atoms with Gasteiger partial charge in [0.2, 0.25) is 11.8 Å².